The van der Waals surface area contributed by atoms with E-state index in [1.54, 1.807) is 11.0 Å². The quantitative estimate of drug-likeness (QED) is 0.668. The first-order valence-corrected chi connectivity index (χ1v) is 7.10. The largest absolute Gasteiger partial charge is 0.480 e. The van der Waals surface area contributed by atoms with Crippen LogP contribution in [0.2, 0.25) is 0 Å². The molecule has 0 amide bonds. The topological polar surface area (TPSA) is 102 Å². The lowest BCUT2D eigenvalue weighted by Crippen LogP contribution is -2.44. The summed E-state index contributed by atoms with van der Waals surface area (Å²) in [7, 11) is 0. The molecule has 8 nitrogen and oxygen atoms in total. The Balaban J connectivity index is 1.90. The fourth-order valence-corrected chi connectivity index (χ4v) is 2.95. The first-order chi connectivity index (χ1) is 10.6. The maximum atomic E-state index is 11.3. The first kappa shape index (κ1) is 14.6. The molecule has 0 unspecified atom stereocenters. The molecule has 0 aliphatic carbocycles. The van der Waals surface area contributed by atoms with Crippen molar-refractivity contribution in [1.29, 1.82) is 0 Å². The number of aliphatic carboxylic acids is 1. The molecule has 2 aliphatic heterocycles. The van der Waals surface area contributed by atoms with E-state index in [9.17, 15) is 20.0 Å². The zero-order valence-electron chi connectivity index (χ0n) is 11.9. The molecule has 2 heterocycles. The molecular weight excluding hydrogens is 292 g/mol. The summed E-state index contributed by atoms with van der Waals surface area (Å²) in [6.07, 6.45) is 2.31. The smallest absolute Gasteiger partial charge is 0.320 e. The van der Waals surface area contributed by atoms with Crippen LogP contribution >= 0.6 is 0 Å². The normalized spacial score (nSPS) is 20.8. The van der Waals surface area contributed by atoms with Crippen molar-refractivity contribution in [1.82, 2.24) is 4.90 Å². The van der Waals surface area contributed by atoms with Gasteiger partial charge in [0.25, 0.3) is 5.69 Å². The maximum absolute atomic E-state index is 11.3. The van der Waals surface area contributed by atoms with Crippen molar-refractivity contribution in [3.8, 4) is 11.5 Å². The number of likely N-dealkylation sites (tertiary alicyclic amines) is 1. The summed E-state index contributed by atoms with van der Waals surface area (Å²) in [4.78, 5) is 23.9. The Labute approximate surface area is 126 Å². The van der Waals surface area contributed by atoms with Crippen LogP contribution < -0.4 is 9.47 Å². The molecule has 8 heteroatoms. The van der Waals surface area contributed by atoms with Gasteiger partial charge in [0.1, 0.15) is 6.04 Å². The number of fused-ring (bicyclic) bond motifs is 1. The number of nitro benzene ring substituents is 1. The third kappa shape index (κ3) is 2.69. The Hall–Kier alpha value is -2.35. The highest BCUT2D eigenvalue weighted by Crippen LogP contribution is 2.38. The van der Waals surface area contributed by atoms with Crippen molar-refractivity contribution < 1.29 is 24.3 Å². The third-order valence-electron chi connectivity index (χ3n) is 4.04. The Morgan fingerprint density at radius 1 is 1.36 bits per heavy atom. The fraction of sp³-hybridized carbons (Fsp3) is 0.500. The van der Waals surface area contributed by atoms with Crippen LogP contribution in [0.3, 0.4) is 0 Å². The molecule has 2 aliphatic rings. The van der Waals surface area contributed by atoms with Crippen LogP contribution in [-0.4, -0.2) is 40.3 Å². The zero-order valence-corrected chi connectivity index (χ0v) is 11.9. The van der Waals surface area contributed by atoms with E-state index >= 15 is 0 Å². The van der Waals surface area contributed by atoms with Gasteiger partial charge in [-0.2, -0.15) is 0 Å². The summed E-state index contributed by atoms with van der Waals surface area (Å²) < 4.78 is 10.4. The van der Waals surface area contributed by atoms with Gasteiger partial charge in [-0.05, 0) is 25.5 Å². The number of carboxylic acid groups (broad SMARTS) is 1. The van der Waals surface area contributed by atoms with Gasteiger partial charge in [0.05, 0.1) is 11.0 Å². The molecule has 118 valence electrons. The molecule has 22 heavy (non-hydrogen) atoms. The number of ether oxygens (including phenoxy) is 2. The highest BCUT2D eigenvalue weighted by atomic mass is 16.7. The van der Waals surface area contributed by atoms with Crippen LogP contribution in [0.1, 0.15) is 24.8 Å². The molecule has 1 fully saturated rings. The van der Waals surface area contributed by atoms with E-state index in [0.29, 0.717) is 30.0 Å². The van der Waals surface area contributed by atoms with E-state index in [-0.39, 0.29) is 19.0 Å². The number of rotatable bonds is 4. The minimum absolute atomic E-state index is 0.0391. The number of hydrogen-bond donors (Lipinski definition) is 1. The van der Waals surface area contributed by atoms with Crippen LogP contribution in [0.15, 0.2) is 12.1 Å². The van der Waals surface area contributed by atoms with Crippen LogP contribution in [0.25, 0.3) is 0 Å². The number of nitrogens with zero attached hydrogens (tertiary/aromatic N) is 2. The molecule has 3 rings (SSSR count). The van der Waals surface area contributed by atoms with Crippen LogP contribution in [0, 0.1) is 10.1 Å². The summed E-state index contributed by atoms with van der Waals surface area (Å²) in [5, 5.41) is 20.6. The molecule has 1 N–H and O–H groups in total. The van der Waals surface area contributed by atoms with E-state index in [2.05, 4.69) is 0 Å². The van der Waals surface area contributed by atoms with Crippen molar-refractivity contribution in [3.05, 3.63) is 27.8 Å². The number of benzene rings is 1. The number of carboxylic acids is 1. The zero-order chi connectivity index (χ0) is 15.7. The van der Waals surface area contributed by atoms with Crippen LogP contribution in [0.4, 0.5) is 5.69 Å². The summed E-state index contributed by atoms with van der Waals surface area (Å²) in [6.45, 7) is 0.865. The van der Waals surface area contributed by atoms with Crippen LogP contribution in [0.5, 0.6) is 11.5 Å². The van der Waals surface area contributed by atoms with Crippen molar-refractivity contribution in [2.75, 3.05) is 13.3 Å². The van der Waals surface area contributed by atoms with E-state index in [1.165, 1.54) is 6.07 Å². The third-order valence-corrected chi connectivity index (χ3v) is 4.04. The number of carbonyl (C=O) groups is 1. The highest BCUT2D eigenvalue weighted by molar-refractivity contribution is 5.73. The average molecular weight is 308 g/mol. The SMILES string of the molecule is O=C(O)[C@@H]1CCCCN1Cc1cc2c(cc1[N+](=O)[O-])OCO2. The molecule has 1 saturated heterocycles. The predicted octanol–water partition coefficient (Wildman–Crippen LogP) is 1.76. The minimum atomic E-state index is -0.886. The first-order valence-electron chi connectivity index (χ1n) is 7.10. The second-order valence-corrected chi connectivity index (χ2v) is 5.41. The molecule has 0 aromatic heterocycles. The van der Waals surface area contributed by atoms with Gasteiger partial charge in [-0.15, -0.1) is 0 Å². The number of hydrogen-bond acceptors (Lipinski definition) is 6. The summed E-state index contributed by atoms with van der Waals surface area (Å²) in [5.41, 5.74) is 0.376. The van der Waals surface area contributed by atoms with Crippen LogP contribution in [-0.2, 0) is 11.3 Å². The van der Waals surface area contributed by atoms with Gasteiger partial charge < -0.3 is 14.6 Å². The summed E-state index contributed by atoms with van der Waals surface area (Å²) in [6, 6.07) is 2.32. The van der Waals surface area contributed by atoms with Crippen molar-refractivity contribution in [3.63, 3.8) is 0 Å². The standard InChI is InChI=1S/C14H16N2O6/c17-14(18)10-3-1-2-4-15(10)7-9-5-12-13(22-8-21-12)6-11(9)16(19)20/h5-6,10H,1-4,7-8H2,(H,17,18)/t10-/m0/s1. The van der Waals surface area contributed by atoms with Gasteiger partial charge in [-0.1, -0.05) is 6.42 Å². The summed E-state index contributed by atoms with van der Waals surface area (Å²) >= 11 is 0. The predicted molar refractivity (Wildman–Crippen MR) is 74.9 cm³/mol. The van der Waals surface area contributed by atoms with Crippen molar-refractivity contribution in [2.24, 2.45) is 0 Å². The number of piperidine rings is 1. The molecule has 0 saturated carbocycles. The van der Waals surface area contributed by atoms with Gasteiger partial charge in [-0.25, -0.2) is 0 Å². The average Bonchev–Trinajstić information content (AvgIpc) is 2.93. The lowest BCUT2D eigenvalue weighted by Gasteiger charge is -2.32. The van der Waals surface area contributed by atoms with Gasteiger partial charge in [0.2, 0.25) is 6.79 Å². The molecular formula is C14H16N2O6. The Morgan fingerprint density at radius 3 is 2.77 bits per heavy atom. The lowest BCUT2D eigenvalue weighted by atomic mass is 10.0. The molecule has 0 spiro atoms. The van der Waals surface area contributed by atoms with Crippen molar-refractivity contribution in [2.45, 2.75) is 31.8 Å². The van der Waals surface area contributed by atoms with E-state index < -0.39 is 16.9 Å². The van der Waals surface area contributed by atoms with Gasteiger partial charge in [0.15, 0.2) is 11.5 Å². The minimum Gasteiger partial charge on any atom is -0.480 e. The molecule has 1 atom stereocenters. The number of nitro groups is 1. The Kier molecular flexibility index (Phi) is 3.84. The Morgan fingerprint density at radius 2 is 2.09 bits per heavy atom. The van der Waals surface area contributed by atoms with Gasteiger partial charge >= 0.3 is 5.97 Å². The second-order valence-electron chi connectivity index (χ2n) is 5.41. The van der Waals surface area contributed by atoms with Crippen molar-refractivity contribution >= 4 is 11.7 Å². The van der Waals surface area contributed by atoms with Gasteiger partial charge in [0, 0.05) is 12.1 Å². The van der Waals surface area contributed by atoms with E-state index in [4.69, 9.17) is 9.47 Å². The fourth-order valence-electron chi connectivity index (χ4n) is 2.95. The maximum Gasteiger partial charge on any atom is 0.320 e. The Bertz CT molecular complexity index is 618. The lowest BCUT2D eigenvalue weighted by molar-refractivity contribution is -0.385. The highest BCUT2D eigenvalue weighted by Gasteiger charge is 2.31. The van der Waals surface area contributed by atoms with E-state index in [1.807, 2.05) is 0 Å². The molecule has 1 aromatic rings. The summed E-state index contributed by atoms with van der Waals surface area (Å²) in [5.74, 6) is -0.0727. The molecule has 0 bridgehead atoms. The van der Waals surface area contributed by atoms with Gasteiger partial charge in [-0.3, -0.25) is 19.8 Å². The van der Waals surface area contributed by atoms with E-state index in [0.717, 1.165) is 12.8 Å². The molecule has 1 aromatic carbocycles. The monoisotopic (exact) mass is 308 g/mol. The molecule has 0 radical (unpaired) electrons. The second kappa shape index (κ2) is 5.80.